The summed E-state index contributed by atoms with van der Waals surface area (Å²) in [6, 6.07) is 19.9. The van der Waals surface area contributed by atoms with Crippen LogP contribution in [-0.4, -0.2) is 46.9 Å². The van der Waals surface area contributed by atoms with Crippen LogP contribution < -0.4 is 9.47 Å². The van der Waals surface area contributed by atoms with E-state index in [0.29, 0.717) is 19.9 Å². The number of carboxylic acid groups (broad SMARTS) is 2. The number of benzene rings is 4. The van der Waals surface area contributed by atoms with Crippen LogP contribution in [0.4, 0.5) is 0 Å². The van der Waals surface area contributed by atoms with Gasteiger partial charge in [-0.1, -0.05) is 137 Å². The lowest BCUT2D eigenvalue weighted by Gasteiger charge is -2.15. The predicted molar refractivity (Wildman–Crippen MR) is 246 cm³/mol. The second-order valence-corrected chi connectivity index (χ2v) is 20.4. The highest BCUT2D eigenvalue weighted by Crippen LogP contribution is 2.57. The average molecular weight is 1010 g/mol. The molecule has 0 atom stereocenters. The van der Waals surface area contributed by atoms with E-state index < -0.39 is 36.7 Å². The molecule has 0 spiro atoms. The molecule has 6 rings (SSSR count). The number of hydrogen-bond acceptors (Lipinski definition) is 12. The van der Waals surface area contributed by atoms with E-state index in [-0.39, 0.29) is 52.5 Å². The van der Waals surface area contributed by atoms with E-state index in [4.69, 9.17) is 89.3 Å². The number of hydrogen-bond donors (Lipinski definition) is 2. The largest absolute Gasteiger partial charge is 0.480 e. The first-order valence-corrected chi connectivity index (χ1v) is 24.7. The maximum atomic E-state index is 14.6. The maximum Gasteiger partial charge on any atom is 0.341 e. The Bertz CT molecular complexity index is 2300. The number of carbonyl (C=O) groups is 4. The monoisotopic (exact) mass is 1010 g/mol. The molecule has 2 aliphatic heterocycles. The topological polar surface area (TPSA) is 127 Å². The van der Waals surface area contributed by atoms with E-state index >= 15 is 0 Å². The molecule has 2 aliphatic rings. The van der Waals surface area contributed by atoms with Crippen LogP contribution in [0, 0.1) is 0 Å². The third kappa shape index (κ3) is 10.9. The minimum Gasteiger partial charge on any atom is -0.480 e. The lowest BCUT2D eigenvalue weighted by atomic mass is 10.1. The highest BCUT2D eigenvalue weighted by atomic mass is 35.5. The molecule has 0 radical (unpaired) electrons. The third-order valence-corrected chi connectivity index (χ3v) is 17.4. The van der Waals surface area contributed by atoms with E-state index in [1.54, 1.807) is 24.3 Å². The van der Waals surface area contributed by atoms with E-state index in [1.165, 1.54) is 67.4 Å². The van der Waals surface area contributed by atoms with Crippen LogP contribution in [0.25, 0.3) is 9.81 Å². The molecule has 0 saturated carbocycles. The summed E-state index contributed by atoms with van der Waals surface area (Å²) in [5.41, 5.74) is 1.74. The Balaban J connectivity index is 1.44. The lowest BCUT2D eigenvalue weighted by Crippen LogP contribution is -2.10. The molecule has 0 amide bonds. The van der Waals surface area contributed by atoms with Crippen molar-refractivity contribution < 1.29 is 38.9 Å². The minimum atomic E-state index is -1.23. The molecular formula is C38H20Cl6O8S6. The second-order valence-electron chi connectivity index (χ2n) is 11.4. The van der Waals surface area contributed by atoms with Gasteiger partial charge in [0.05, 0.1) is 19.9 Å². The number of Topliss-reactive ketones (excluding diaryl/α,β-unsaturated/α-hetero) is 2. The summed E-state index contributed by atoms with van der Waals surface area (Å²) in [4.78, 5) is 54.6. The minimum absolute atomic E-state index is 0.00640. The molecule has 8 nitrogen and oxygen atoms in total. The van der Waals surface area contributed by atoms with E-state index in [9.17, 15) is 19.2 Å². The van der Waals surface area contributed by atoms with Crippen molar-refractivity contribution in [3.63, 3.8) is 0 Å². The molecule has 4 aromatic carbocycles. The van der Waals surface area contributed by atoms with Gasteiger partial charge in [-0.05, 0) is 93.4 Å². The molecule has 0 bridgehead atoms. The Labute approximate surface area is 384 Å². The fourth-order valence-electron chi connectivity index (χ4n) is 4.84. The van der Waals surface area contributed by atoms with Crippen molar-refractivity contribution in [3.05, 3.63) is 157 Å². The van der Waals surface area contributed by atoms with Gasteiger partial charge in [0.15, 0.2) is 13.2 Å². The number of halogens is 6. The highest BCUT2D eigenvalue weighted by Gasteiger charge is 2.31. The smallest absolute Gasteiger partial charge is 0.341 e. The van der Waals surface area contributed by atoms with Crippen molar-refractivity contribution in [2.45, 2.75) is 0 Å². The number of ketones is 2. The highest BCUT2D eigenvalue weighted by molar-refractivity contribution is 8.83. The van der Waals surface area contributed by atoms with Gasteiger partial charge in [-0.25, -0.2) is 9.59 Å². The summed E-state index contributed by atoms with van der Waals surface area (Å²) in [5, 5.41) is 18.7. The summed E-state index contributed by atoms with van der Waals surface area (Å²) in [5.74, 6) is -3.57. The Hall–Kier alpha value is -2.44. The molecule has 298 valence electrons. The van der Waals surface area contributed by atoms with Gasteiger partial charge in [-0.3, -0.25) is 9.59 Å². The number of allylic oxidation sites excluding steroid dienone is 4. The Morgan fingerprint density at radius 2 is 0.862 bits per heavy atom. The van der Waals surface area contributed by atoms with Crippen LogP contribution in [0.1, 0.15) is 31.8 Å². The van der Waals surface area contributed by atoms with Gasteiger partial charge in [0, 0.05) is 40.8 Å². The van der Waals surface area contributed by atoms with Crippen molar-refractivity contribution in [1.82, 2.24) is 0 Å². The van der Waals surface area contributed by atoms with Crippen LogP contribution >= 0.6 is 134 Å². The first-order valence-electron chi connectivity index (χ1n) is 15.9. The maximum absolute atomic E-state index is 14.6. The normalized spacial score (nSPS) is 15.4. The molecule has 0 aliphatic carbocycles. The Morgan fingerprint density at radius 3 is 1.21 bits per heavy atom. The first-order chi connectivity index (χ1) is 27.7. The molecule has 0 saturated heterocycles. The Kier molecular flexibility index (Phi) is 15.9. The van der Waals surface area contributed by atoms with E-state index in [2.05, 4.69) is 0 Å². The Morgan fingerprint density at radius 1 is 0.500 bits per heavy atom. The summed E-state index contributed by atoms with van der Waals surface area (Å²) in [7, 11) is 7.54. The van der Waals surface area contributed by atoms with Gasteiger partial charge in [0.2, 0.25) is 11.6 Å². The molecule has 0 fully saturated rings. The zero-order chi connectivity index (χ0) is 41.7. The van der Waals surface area contributed by atoms with Crippen LogP contribution in [0.15, 0.2) is 105 Å². The fourth-order valence-corrected chi connectivity index (χ4v) is 14.2. The molecule has 2 N–H and O–H groups in total. The number of aliphatic carboxylic acids is 2. The second kappa shape index (κ2) is 20.4. The van der Waals surface area contributed by atoms with E-state index in [0.717, 1.165) is 42.5 Å². The van der Waals surface area contributed by atoms with Gasteiger partial charge >= 0.3 is 11.9 Å². The number of rotatable bonds is 15. The van der Waals surface area contributed by atoms with Crippen LogP contribution in [0.3, 0.4) is 0 Å². The summed E-state index contributed by atoms with van der Waals surface area (Å²) >= 11 is 38.5. The molecular weight excluding hydrogens is 990 g/mol. The molecule has 2 heterocycles. The fraction of sp³-hybridized carbons (Fsp3) is 0.0526. The van der Waals surface area contributed by atoms with E-state index in [1.807, 2.05) is 36.4 Å². The standard InChI is InChI=1S/C38H20Cl6O8S6/c39-19-5-1-17(2-6-19)25-13-27(55-53-25)37(35(49)21-9-11-23(33(43)31(21)41)51-15-29(45)46)57-58-38(28-14-26(54-56-28)18-3-7-20(40)8-4-18)36(50)22-10-12-24(34(44)32(22)42)52-16-30(47)48/h1-14H,15-16H2,(H,45,46)(H,47,48)/b37-27+,38-28+. The van der Waals surface area contributed by atoms with Crippen molar-refractivity contribution in [1.29, 1.82) is 0 Å². The first kappa shape index (κ1) is 45.1. The SMILES string of the molecule is O=C(O)COc1ccc(C(=O)/C(SS/C(C(=O)c2ccc(OCC(=O)O)c(Cl)c2Cl)=C2\C=C(c3ccc(Cl)cc3)SS2)=C2/C=C(c3ccc(Cl)cc3)SS2)c(Cl)c1Cl. The predicted octanol–water partition coefficient (Wildman–Crippen LogP) is 14.3. The van der Waals surface area contributed by atoms with Crippen molar-refractivity contribution in [2.75, 3.05) is 13.2 Å². The molecule has 4 aromatic rings. The van der Waals surface area contributed by atoms with Crippen molar-refractivity contribution >= 4 is 168 Å². The van der Waals surface area contributed by atoms with Gasteiger partial charge in [-0.15, -0.1) is 0 Å². The van der Waals surface area contributed by atoms with Crippen molar-refractivity contribution in [2.24, 2.45) is 0 Å². The average Bonchev–Trinajstić information content (AvgIpc) is 3.89. The number of carbonyl (C=O) groups excluding carboxylic acids is 2. The lowest BCUT2D eigenvalue weighted by molar-refractivity contribution is -0.140. The zero-order valence-electron chi connectivity index (χ0n) is 28.6. The molecule has 58 heavy (non-hydrogen) atoms. The van der Waals surface area contributed by atoms with Crippen molar-refractivity contribution in [3.8, 4) is 11.5 Å². The van der Waals surface area contributed by atoms with Crippen LogP contribution in [-0.2, 0) is 9.59 Å². The number of ether oxygens (including phenoxy) is 2. The quantitative estimate of drug-likeness (QED) is 0.0666. The zero-order valence-corrected chi connectivity index (χ0v) is 38.0. The van der Waals surface area contributed by atoms with Gasteiger partial charge in [0.25, 0.3) is 0 Å². The molecule has 20 heteroatoms. The summed E-state index contributed by atoms with van der Waals surface area (Å²) in [6.45, 7) is -1.36. The summed E-state index contributed by atoms with van der Waals surface area (Å²) < 4.78 is 10.5. The van der Waals surface area contributed by atoms with Crippen LogP contribution in [0.2, 0.25) is 30.1 Å². The van der Waals surface area contributed by atoms with Crippen LogP contribution in [0.5, 0.6) is 11.5 Å². The van der Waals surface area contributed by atoms with Gasteiger partial charge < -0.3 is 19.7 Å². The van der Waals surface area contributed by atoms with Gasteiger partial charge in [-0.2, -0.15) is 0 Å². The molecule has 0 unspecified atom stereocenters. The molecule has 0 aromatic heterocycles. The number of carboxylic acids is 2. The third-order valence-electron chi connectivity index (χ3n) is 7.58. The summed E-state index contributed by atoms with van der Waals surface area (Å²) in [6.07, 6.45) is 3.69. The van der Waals surface area contributed by atoms with Gasteiger partial charge in [0.1, 0.15) is 21.5 Å².